The van der Waals surface area contributed by atoms with Gasteiger partial charge in [-0.2, -0.15) is 13.2 Å². The Labute approximate surface area is 304 Å². The number of hydrogen-bond donors (Lipinski definition) is 1. The third-order valence-electron chi connectivity index (χ3n) is 8.25. The summed E-state index contributed by atoms with van der Waals surface area (Å²) in [7, 11) is -4.05. The standard InChI is InChI=1S/C38H36ClF4NO7S/c1-25(18-19-50-29-20-33(40)31(34(21-29)52(2,48)49)24-51-36(47)17-16-35(45)46)44(22-28-14-9-15-32(37(28)39)38(41,42)43)23-30(26-10-5-3-6-11-26)27-12-7-4-8-13-27/h3-17,20-21,25,30H,18-19,22-24H2,1-2H3,(H,45,46)/b17-16+/t25-/m1/s1. The number of benzene rings is 4. The molecule has 0 radical (unpaired) electrons. The maximum atomic E-state index is 15.2. The number of halogens is 5. The molecular weight excluding hydrogens is 726 g/mol. The minimum Gasteiger partial charge on any atom is -0.493 e. The highest BCUT2D eigenvalue weighted by atomic mass is 35.5. The summed E-state index contributed by atoms with van der Waals surface area (Å²) < 4.78 is 92.3. The van der Waals surface area contributed by atoms with Gasteiger partial charge >= 0.3 is 18.1 Å². The molecule has 0 saturated carbocycles. The summed E-state index contributed by atoms with van der Waals surface area (Å²) >= 11 is 6.33. The van der Waals surface area contributed by atoms with Crippen LogP contribution in [0.15, 0.2) is 108 Å². The Morgan fingerprint density at radius 3 is 2.12 bits per heavy atom. The Bertz CT molecular complexity index is 1950. The highest BCUT2D eigenvalue weighted by molar-refractivity contribution is 7.90. The molecule has 276 valence electrons. The molecule has 52 heavy (non-hydrogen) atoms. The highest BCUT2D eigenvalue weighted by Gasteiger charge is 2.34. The second kappa shape index (κ2) is 17.7. The van der Waals surface area contributed by atoms with Crippen molar-refractivity contribution in [1.82, 2.24) is 4.90 Å². The number of carboxylic acid groups (broad SMARTS) is 1. The van der Waals surface area contributed by atoms with Crippen LogP contribution in [-0.4, -0.2) is 55.8 Å². The number of ether oxygens (including phenoxy) is 2. The number of sulfone groups is 1. The minimum absolute atomic E-state index is 0.0354. The Hall–Kier alpha value is -4.72. The minimum atomic E-state index is -4.65. The van der Waals surface area contributed by atoms with E-state index in [0.717, 1.165) is 35.6 Å². The van der Waals surface area contributed by atoms with Crippen molar-refractivity contribution in [3.05, 3.63) is 142 Å². The van der Waals surface area contributed by atoms with E-state index in [0.29, 0.717) is 18.7 Å². The van der Waals surface area contributed by atoms with Gasteiger partial charge in [0.25, 0.3) is 0 Å². The van der Waals surface area contributed by atoms with Crippen LogP contribution in [0.2, 0.25) is 5.02 Å². The zero-order chi connectivity index (χ0) is 38.1. The van der Waals surface area contributed by atoms with Gasteiger partial charge in [0.1, 0.15) is 18.2 Å². The number of alkyl halides is 3. The summed E-state index contributed by atoms with van der Waals surface area (Å²) in [6.45, 7) is 1.49. The first-order chi connectivity index (χ1) is 24.5. The molecule has 0 heterocycles. The average Bonchev–Trinajstić information content (AvgIpc) is 3.09. The van der Waals surface area contributed by atoms with Gasteiger partial charge in [-0.3, -0.25) is 4.90 Å². The molecule has 0 aliphatic carbocycles. The lowest BCUT2D eigenvalue weighted by molar-refractivity contribution is -0.140. The van der Waals surface area contributed by atoms with Crippen LogP contribution in [0.5, 0.6) is 5.75 Å². The molecule has 1 N–H and O–H groups in total. The number of carbonyl (C=O) groups is 2. The van der Waals surface area contributed by atoms with Gasteiger partial charge in [0.2, 0.25) is 0 Å². The number of esters is 1. The average molecular weight is 762 g/mol. The fraction of sp³-hybridized carbons (Fsp3) is 0.263. The summed E-state index contributed by atoms with van der Waals surface area (Å²) in [5.74, 6) is -3.86. The van der Waals surface area contributed by atoms with Crippen molar-refractivity contribution in [2.45, 2.75) is 49.5 Å². The van der Waals surface area contributed by atoms with E-state index in [1.54, 1.807) is 6.07 Å². The second-order valence-electron chi connectivity index (χ2n) is 12.0. The molecule has 0 saturated heterocycles. The predicted octanol–water partition coefficient (Wildman–Crippen LogP) is 8.08. The van der Waals surface area contributed by atoms with Crippen LogP contribution in [0.4, 0.5) is 17.6 Å². The lowest BCUT2D eigenvalue weighted by Gasteiger charge is -2.34. The first-order valence-corrected chi connectivity index (χ1v) is 18.2. The van der Waals surface area contributed by atoms with Crippen LogP contribution in [0.1, 0.15) is 47.1 Å². The van der Waals surface area contributed by atoms with Gasteiger partial charge in [0, 0.05) is 55.1 Å². The fourth-order valence-corrected chi connectivity index (χ4v) is 6.78. The zero-order valence-corrected chi connectivity index (χ0v) is 29.7. The van der Waals surface area contributed by atoms with Gasteiger partial charge in [0.05, 0.1) is 22.1 Å². The topological polar surface area (TPSA) is 110 Å². The van der Waals surface area contributed by atoms with Crippen molar-refractivity contribution in [2.75, 3.05) is 19.4 Å². The quantitative estimate of drug-likeness (QED) is 0.0694. The number of nitrogens with zero attached hydrogens (tertiary/aromatic N) is 1. The fourth-order valence-electron chi connectivity index (χ4n) is 5.55. The normalized spacial score (nSPS) is 12.7. The molecule has 1 atom stereocenters. The van der Waals surface area contributed by atoms with Crippen molar-refractivity contribution in [1.29, 1.82) is 0 Å². The lowest BCUT2D eigenvalue weighted by Crippen LogP contribution is -2.37. The van der Waals surface area contributed by atoms with E-state index in [2.05, 4.69) is 0 Å². The van der Waals surface area contributed by atoms with Crippen molar-refractivity contribution in [3.8, 4) is 5.75 Å². The molecule has 0 spiro atoms. The molecular formula is C38H36ClF4NO7S. The first-order valence-electron chi connectivity index (χ1n) is 16.0. The predicted molar refractivity (Wildman–Crippen MR) is 187 cm³/mol. The third kappa shape index (κ3) is 11.1. The summed E-state index contributed by atoms with van der Waals surface area (Å²) in [5, 5.41) is 8.27. The van der Waals surface area contributed by atoms with Crippen molar-refractivity contribution in [3.63, 3.8) is 0 Å². The number of carbonyl (C=O) groups excluding carboxylic acids is 1. The van der Waals surface area contributed by atoms with Gasteiger partial charge in [0.15, 0.2) is 9.84 Å². The van der Waals surface area contributed by atoms with Crippen LogP contribution in [-0.2, 0) is 43.5 Å². The van der Waals surface area contributed by atoms with Crippen LogP contribution in [0.25, 0.3) is 0 Å². The molecule has 0 fully saturated rings. The van der Waals surface area contributed by atoms with Gasteiger partial charge in [-0.1, -0.05) is 84.4 Å². The Morgan fingerprint density at radius 1 is 0.942 bits per heavy atom. The van der Waals surface area contributed by atoms with E-state index in [1.165, 1.54) is 6.07 Å². The summed E-state index contributed by atoms with van der Waals surface area (Å²) in [5.41, 5.74) is 0.870. The summed E-state index contributed by atoms with van der Waals surface area (Å²) in [6, 6.07) is 24.8. The van der Waals surface area contributed by atoms with Crippen LogP contribution >= 0.6 is 11.6 Å². The van der Waals surface area contributed by atoms with E-state index >= 15 is 4.39 Å². The van der Waals surface area contributed by atoms with E-state index in [1.807, 2.05) is 72.5 Å². The molecule has 4 rings (SSSR count). The Morgan fingerprint density at radius 2 is 1.56 bits per heavy atom. The number of hydrogen-bond acceptors (Lipinski definition) is 7. The molecule has 14 heteroatoms. The molecule has 8 nitrogen and oxygen atoms in total. The van der Waals surface area contributed by atoms with Gasteiger partial charge in [-0.25, -0.2) is 22.4 Å². The van der Waals surface area contributed by atoms with Crippen LogP contribution in [0, 0.1) is 5.82 Å². The third-order valence-corrected chi connectivity index (χ3v) is 9.86. The molecule has 0 unspecified atom stereocenters. The molecule has 4 aromatic rings. The van der Waals surface area contributed by atoms with E-state index in [-0.39, 0.29) is 42.8 Å². The smallest absolute Gasteiger partial charge is 0.417 e. The molecule has 0 bridgehead atoms. The zero-order valence-electron chi connectivity index (χ0n) is 28.1. The maximum absolute atomic E-state index is 15.2. The van der Waals surface area contributed by atoms with Gasteiger partial charge in [-0.15, -0.1) is 0 Å². The number of aliphatic carboxylic acids is 1. The molecule has 4 aromatic carbocycles. The Balaban J connectivity index is 1.59. The van der Waals surface area contributed by atoms with Gasteiger partial charge in [-0.05, 0) is 42.2 Å². The maximum Gasteiger partial charge on any atom is 0.417 e. The number of carboxylic acids is 1. The first kappa shape index (κ1) is 40.1. The van der Waals surface area contributed by atoms with Crippen LogP contribution < -0.4 is 4.74 Å². The molecule has 0 aliphatic heterocycles. The molecule has 0 amide bonds. The van der Waals surface area contributed by atoms with E-state index < -0.39 is 61.4 Å². The summed E-state index contributed by atoms with van der Waals surface area (Å²) in [4.78, 5) is 24.0. The largest absolute Gasteiger partial charge is 0.493 e. The molecule has 0 aromatic heterocycles. The molecule has 0 aliphatic rings. The SMILES string of the molecule is C[C@H](CCOc1cc(F)c(COC(=O)/C=C/C(=O)O)c(S(C)(=O)=O)c1)N(Cc1cccc(C(F)(F)F)c1Cl)CC(c1ccccc1)c1ccccc1. The monoisotopic (exact) mass is 761 g/mol. The lowest BCUT2D eigenvalue weighted by atomic mass is 9.90. The van der Waals surface area contributed by atoms with Crippen molar-refractivity contribution >= 4 is 33.4 Å². The van der Waals surface area contributed by atoms with E-state index in [9.17, 15) is 31.2 Å². The highest BCUT2D eigenvalue weighted by Crippen LogP contribution is 2.37. The van der Waals surface area contributed by atoms with Crippen molar-refractivity contribution < 1.29 is 50.1 Å². The Kier molecular flexibility index (Phi) is 13.6. The van der Waals surface area contributed by atoms with Crippen LogP contribution in [0.3, 0.4) is 0 Å². The van der Waals surface area contributed by atoms with Gasteiger partial charge < -0.3 is 14.6 Å². The summed E-state index contributed by atoms with van der Waals surface area (Å²) in [6.07, 6.45) is -2.39. The van der Waals surface area contributed by atoms with Crippen molar-refractivity contribution in [2.24, 2.45) is 0 Å². The number of rotatable bonds is 16. The van der Waals surface area contributed by atoms with E-state index in [4.69, 9.17) is 26.2 Å². The second-order valence-corrected chi connectivity index (χ2v) is 14.4.